The van der Waals surface area contributed by atoms with Crippen LogP contribution in [0.2, 0.25) is 0 Å². The number of Topliss-reactive ketones (excluding diaryl/α,β-unsaturated/α-hetero) is 1. The number of halogens is 1. The second-order valence-corrected chi connectivity index (χ2v) is 6.41. The maximum Gasteiger partial charge on any atom is 0.349 e. The minimum atomic E-state index is -1.09. The van der Waals surface area contributed by atoms with Gasteiger partial charge in [0.2, 0.25) is 5.78 Å². The van der Waals surface area contributed by atoms with Crippen molar-refractivity contribution in [3.05, 3.63) is 76.6 Å². The van der Waals surface area contributed by atoms with Crippen LogP contribution in [-0.4, -0.2) is 17.9 Å². The number of carbonyl (C=O) groups excluding carboxylic acids is 2. The van der Waals surface area contributed by atoms with E-state index in [1.807, 2.05) is 24.3 Å². The third-order valence-corrected chi connectivity index (χ3v) is 4.04. The van der Waals surface area contributed by atoms with E-state index in [-0.39, 0.29) is 11.1 Å². The van der Waals surface area contributed by atoms with Gasteiger partial charge in [-0.1, -0.05) is 38.1 Å². The Kier molecular flexibility index (Phi) is 6.62. The van der Waals surface area contributed by atoms with Gasteiger partial charge >= 0.3 is 5.97 Å². The summed E-state index contributed by atoms with van der Waals surface area (Å²) in [6.07, 6.45) is 0.324. The van der Waals surface area contributed by atoms with Crippen LogP contribution in [0, 0.1) is 17.1 Å². The number of ketones is 1. The molecule has 0 amide bonds. The molecule has 0 fully saturated rings. The van der Waals surface area contributed by atoms with Gasteiger partial charge in [-0.25, -0.2) is 9.18 Å². The van der Waals surface area contributed by atoms with Gasteiger partial charge in [0.05, 0.1) is 0 Å². The molecule has 0 saturated heterocycles. The smallest absolute Gasteiger partial charge is 0.349 e. The van der Waals surface area contributed by atoms with Crippen molar-refractivity contribution in [2.45, 2.75) is 32.8 Å². The Morgan fingerprint density at radius 3 is 2.15 bits per heavy atom. The fraction of sp³-hybridized carbons (Fsp3) is 0.227. The Hall–Kier alpha value is -3.26. The number of benzene rings is 2. The average molecular weight is 365 g/mol. The zero-order valence-electron chi connectivity index (χ0n) is 15.4. The molecule has 0 heterocycles. The summed E-state index contributed by atoms with van der Waals surface area (Å²) in [5, 5.41) is 9.25. The Bertz CT molecular complexity index is 891. The summed E-state index contributed by atoms with van der Waals surface area (Å²) in [7, 11) is 0. The monoisotopic (exact) mass is 365 g/mol. The summed E-state index contributed by atoms with van der Waals surface area (Å²) in [6.45, 7) is 5.56. The number of hydrogen-bond acceptors (Lipinski definition) is 4. The van der Waals surface area contributed by atoms with Crippen LogP contribution in [0.5, 0.6) is 0 Å². The molecule has 0 bridgehead atoms. The molecule has 5 heteroatoms. The molecule has 2 aromatic carbocycles. The summed E-state index contributed by atoms with van der Waals surface area (Å²) in [4.78, 5) is 24.5. The lowest BCUT2D eigenvalue weighted by molar-refractivity contribution is -0.141. The molecule has 4 nitrogen and oxygen atoms in total. The molecule has 2 aromatic rings. The van der Waals surface area contributed by atoms with Gasteiger partial charge in [-0.2, -0.15) is 5.26 Å². The molecule has 1 atom stereocenters. The quantitative estimate of drug-likeness (QED) is 0.323. The molecular formula is C22H20FNO3. The third kappa shape index (κ3) is 5.35. The maximum atomic E-state index is 12.9. The number of esters is 1. The Morgan fingerprint density at radius 1 is 1.04 bits per heavy atom. The van der Waals surface area contributed by atoms with Gasteiger partial charge in [-0.3, -0.25) is 4.79 Å². The molecule has 0 radical (unpaired) electrons. The van der Waals surface area contributed by atoms with Crippen molar-refractivity contribution >= 4 is 17.8 Å². The highest BCUT2D eigenvalue weighted by Crippen LogP contribution is 2.17. The molecule has 0 spiro atoms. The van der Waals surface area contributed by atoms with E-state index < -0.39 is 23.7 Å². The average Bonchev–Trinajstić information content (AvgIpc) is 2.66. The van der Waals surface area contributed by atoms with Crippen LogP contribution in [0.4, 0.5) is 4.39 Å². The molecule has 0 unspecified atom stereocenters. The predicted molar refractivity (Wildman–Crippen MR) is 100 cm³/mol. The van der Waals surface area contributed by atoms with Crippen molar-refractivity contribution in [3.8, 4) is 6.07 Å². The summed E-state index contributed by atoms with van der Waals surface area (Å²) in [5.41, 5.74) is 1.85. The van der Waals surface area contributed by atoms with E-state index in [1.54, 1.807) is 6.07 Å². The minimum Gasteiger partial charge on any atom is -0.450 e. The molecule has 138 valence electrons. The zero-order chi connectivity index (χ0) is 20.0. The van der Waals surface area contributed by atoms with Crippen LogP contribution in [0.15, 0.2) is 54.1 Å². The van der Waals surface area contributed by atoms with Crippen molar-refractivity contribution in [2.24, 2.45) is 0 Å². The van der Waals surface area contributed by atoms with E-state index in [0.29, 0.717) is 11.5 Å². The molecule has 0 aliphatic rings. The van der Waals surface area contributed by atoms with Crippen molar-refractivity contribution in [3.63, 3.8) is 0 Å². The molecule has 0 aromatic heterocycles. The molecule has 0 saturated carbocycles. The molecule has 0 N–H and O–H groups in total. The standard InChI is InChI=1S/C22H20FNO3/c1-14(2)17-6-4-16(5-7-17)12-19(13-24)22(26)27-15(3)21(25)18-8-10-20(23)11-9-18/h4-12,14-15H,1-3H3/b19-12+/t15-/m0/s1. The number of rotatable bonds is 6. The van der Waals surface area contributed by atoms with E-state index in [9.17, 15) is 19.2 Å². The maximum absolute atomic E-state index is 12.9. The Morgan fingerprint density at radius 2 is 1.63 bits per heavy atom. The largest absolute Gasteiger partial charge is 0.450 e. The highest BCUT2D eigenvalue weighted by molar-refractivity contribution is 6.03. The SMILES string of the molecule is CC(C)c1ccc(/C=C(\C#N)C(=O)O[C@@H](C)C(=O)c2ccc(F)cc2)cc1. The van der Waals surface area contributed by atoms with E-state index in [1.165, 1.54) is 25.1 Å². The van der Waals surface area contributed by atoms with E-state index in [4.69, 9.17) is 4.74 Å². The third-order valence-electron chi connectivity index (χ3n) is 4.04. The van der Waals surface area contributed by atoms with Crippen molar-refractivity contribution < 1.29 is 18.7 Å². The zero-order valence-corrected chi connectivity index (χ0v) is 15.4. The highest BCUT2D eigenvalue weighted by atomic mass is 19.1. The van der Waals surface area contributed by atoms with Crippen LogP contribution >= 0.6 is 0 Å². The van der Waals surface area contributed by atoms with Crippen molar-refractivity contribution in [1.82, 2.24) is 0 Å². The van der Waals surface area contributed by atoms with E-state index >= 15 is 0 Å². The first-order valence-corrected chi connectivity index (χ1v) is 8.54. The number of ether oxygens (including phenoxy) is 1. The second kappa shape index (κ2) is 8.91. The van der Waals surface area contributed by atoms with Gasteiger partial charge in [0.15, 0.2) is 6.10 Å². The second-order valence-electron chi connectivity index (χ2n) is 6.41. The van der Waals surface area contributed by atoms with Gasteiger partial charge in [0.25, 0.3) is 0 Å². The van der Waals surface area contributed by atoms with E-state index in [2.05, 4.69) is 13.8 Å². The fourth-order valence-electron chi connectivity index (χ4n) is 2.41. The first kappa shape index (κ1) is 20.1. The molecule has 2 rings (SSSR count). The van der Waals surface area contributed by atoms with Crippen molar-refractivity contribution in [2.75, 3.05) is 0 Å². The van der Waals surface area contributed by atoms with Gasteiger partial charge in [0.1, 0.15) is 17.5 Å². The molecule has 0 aliphatic heterocycles. The molecular weight excluding hydrogens is 345 g/mol. The number of hydrogen-bond donors (Lipinski definition) is 0. The normalized spacial score (nSPS) is 12.4. The lowest BCUT2D eigenvalue weighted by atomic mass is 10.0. The molecule has 0 aliphatic carbocycles. The summed E-state index contributed by atoms with van der Waals surface area (Å²) < 4.78 is 18.1. The number of nitriles is 1. The topological polar surface area (TPSA) is 67.2 Å². The first-order chi connectivity index (χ1) is 12.8. The summed E-state index contributed by atoms with van der Waals surface area (Å²) in [5.74, 6) is -1.44. The number of nitrogens with zero attached hydrogens (tertiary/aromatic N) is 1. The van der Waals surface area contributed by atoms with Crippen molar-refractivity contribution in [1.29, 1.82) is 5.26 Å². The Labute approximate surface area is 157 Å². The van der Waals surface area contributed by atoms with Crippen LogP contribution in [-0.2, 0) is 9.53 Å². The first-order valence-electron chi connectivity index (χ1n) is 8.54. The summed E-state index contributed by atoms with van der Waals surface area (Å²) >= 11 is 0. The van der Waals surface area contributed by atoms with E-state index in [0.717, 1.165) is 17.7 Å². The fourth-order valence-corrected chi connectivity index (χ4v) is 2.41. The summed E-state index contributed by atoms with van der Waals surface area (Å²) in [6, 6.07) is 14.2. The Balaban J connectivity index is 2.10. The lowest BCUT2D eigenvalue weighted by Crippen LogP contribution is -2.25. The van der Waals surface area contributed by atoms with Crippen LogP contribution in [0.3, 0.4) is 0 Å². The lowest BCUT2D eigenvalue weighted by Gasteiger charge is -2.12. The predicted octanol–water partition coefficient (Wildman–Crippen LogP) is 4.67. The van der Waals surface area contributed by atoms with Gasteiger partial charge in [-0.05, 0) is 54.3 Å². The minimum absolute atomic E-state index is 0.203. The van der Waals surface area contributed by atoms with Gasteiger partial charge in [-0.15, -0.1) is 0 Å². The van der Waals surface area contributed by atoms with Gasteiger partial charge in [0, 0.05) is 5.56 Å². The van der Waals surface area contributed by atoms with Crippen LogP contribution in [0.25, 0.3) is 6.08 Å². The van der Waals surface area contributed by atoms with Crippen LogP contribution in [0.1, 0.15) is 48.2 Å². The highest BCUT2D eigenvalue weighted by Gasteiger charge is 2.21. The van der Waals surface area contributed by atoms with Gasteiger partial charge < -0.3 is 4.74 Å². The number of carbonyl (C=O) groups is 2. The van der Waals surface area contributed by atoms with Crippen LogP contribution < -0.4 is 0 Å². The molecule has 27 heavy (non-hydrogen) atoms.